The zero-order valence-electron chi connectivity index (χ0n) is 11.0. The number of halogens is 2. The molecule has 6 heteroatoms. The van der Waals surface area contributed by atoms with Gasteiger partial charge in [0.25, 0.3) is 0 Å². The van der Waals surface area contributed by atoms with Crippen molar-refractivity contribution in [2.24, 2.45) is 0 Å². The van der Waals surface area contributed by atoms with Gasteiger partial charge < -0.3 is 5.11 Å². The molecule has 0 saturated heterocycles. The molecule has 0 heterocycles. The molecule has 0 aromatic heterocycles. The molecular weight excluding hydrogens is 331 g/mol. The standard InChI is InChI=1S/C15H14Cl2O3S/c16-13-6-4-11(5-7-13)9-21(19,20)10-15(18)12-2-1-3-14(17)8-12/h1-8,15,18H,9-10H2. The van der Waals surface area contributed by atoms with Crippen molar-refractivity contribution in [1.29, 1.82) is 0 Å². The van der Waals surface area contributed by atoms with E-state index < -0.39 is 15.9 Å². The molecule has 21 heavy (non-hydrogen) atoms. The number of hydrogen-bond acceptors (Lipinski definition) is 3. The SMILES string of the molecule is O=S(=O)(Cc1ccc(Cl)cc1)CC(O)c1cccc(Cl)c1. The van der Waals surface area contributed by atoms with E-state index in [0.717, 1.165) is 0 Å². The van der Waals surface area contributed by atoms with Gasteiger partial charge in [0.05, 0.1) is 17.6 Å². The first kappa shape index (κ1) is 16.3. The van der Waals surface area contributed by atoms with Crippen molar-refractivity contribution >= 4 is 33.0 Å². The van der Waals surface area contributed by atoms with Crippen LogP contribution in [-0.4, -0.2) is 19.3 Å². The van der Waals surface area contributed by atoms with Crippen LogP contribution in [0.15, 0.2) is 48.5 Å². The normalized spacial score (nSPS) is 13.1. The number of aliphatic hydroxyl groups excluding tert-OH is 1. The minimum Gasteiger partial charge on any atom is -0.387 e. The summed E-state index contributed by atoms with van der Waals surface area (Å²) in [5, 5.41) is 11.1. The third-order valence-electron chi connectivity index (χ3n) is 2.95. The molecule has 1 unspecified atom stereocenters. The Labute approximate surface area is 134 Å². The topological polar surface area (TPSA) is 54.4 Å². The Balaban J connectivity index is 2.08. The van der Waals surface area contributed by atoms with Gasteiger partial charge in [0, 0.05) is 10.0 Å². The van der Waals surface area contributed by atoms with Gasteiger partial charge in [-0.05, 0) is 35.4 Å². The minimum atomic E-state index is -3.44. The number of hydrogen-bond donors (Lipinski definition) is 1. The third-order valence-corrected chi connectivity index (χ3v) is 5.03. The van der Waals surface area contributed by atoms with Gasteiger partial charge in [0.1, 0.15) is 0 Å². The third kappa shape index (κ3) is 5.00. The highest BCUT2D eigenvalue weighted by molar-refractivity contribution is 7.90. The van der Waals surface area contributed by atoms with Gasteiger partial charge in [-0.1, -0.05) is 47.5 Å². The Morgan fingerprint density at radius 2 is 1.67 bits per heavy atom. The van der Waals surface area contributed by atoms with Crippen molar-refractivity contribution in [1.82, 2.24) is 0 Å². The summed E-state index contributed by atoms with van der Waals surface area (Å²) in [7, 11) is -3.44. The van der Waals surface area contributed by atoms with Crippen molar-refractivity contribution in [3.05, 3.63) is 69.7 Å². The lowest BCUT2D eigenvalue weighted by atomic mass is 10.1. The largest absolute Gasteiger partial charge is 0.387 e. The molecule has 2 aromatic rings. The molecule has 0 radical (unpaired) electrons. The fraction of sp³-hybridized carbons (Fsp3) is 0.200. The summed E-state index contributed by atoms with van der Waals surface area (Å²) in [6.45, 7) is 0. The minimum absolute atomic E-state index is 0.137. The van der Waals surface area contributed by atoms with E-state index in [4.69, 9.17) is 23.2 Å². The highest BCUT2D eigenvalue weighted by Gasteiger charge is 2.19. The Bertz CT molecular complexity index is 712. The lowest BCUT2D eigenvalue weighted by molar-refractivity contribution is 0.201. The molecule has 112 valence electrons. The number of rotatable bonds is 5. The Morgan fingerprint density at radius 3 is 2.29 bits per heavy atom. The average Bonchev–Trinajstić information content (AvgIpc) is 2.40. The van der Waals surface area contributed by atoms with E-state index in [1.165, 1.54) is 0 Å². The second-order valence-corrected chi connectivity index (χ2v) is 7.73. The van der Waals surface area contributed by atoms with E-state index >= 15 is 0 Å². The smallest absolute Gasteiger partial charge is 0.157 e. The lowest BCUT2D eigenvalue weighted by Gasteiger charge is -2.12. The van der Waals surface area contributed by atoms with E-state index in [-0.39, 0.29) is 11.5 Å². The number of benzene rings is 2. The van der Waals surface area contributed by atoms with Gasteiger partial charge in [-0.2, -0.15) is 0 Å². The maximum atomic E-state index is 12.1. The fourth-order valence-electron chi connectivity index (χ4n) is 1.94. The first-order chi connectivity index (χ1) is 9.85. The van der Waals surface area contributed by atoms with Crippen molar-refractivity contribution in [2.45, 2.75) is 11.9 Å². The molecule has 0 aliphatic rings. The summed E-state index contributed by atoms with van der Waals surface area (Å²) in [6.07, 6.45) is -1.10. The maximum Gasteiger partial charge on any atom is 0.157 e. The van der Waals surface area contributed by atoms with Crippen LogP contribution in [0.1, 0.15) is 17.2 Å². The van der Waals surface area contributed by atoms with Crippen LogP contribution < -0.4 is 0 Å². The van der Waals surface area contributed by atoms with Crippen LogP contribution in [0.5, 0.6) is 0 Å². The maximum absolute atomic E-state index is 12.1. The molecule has 1 atom stereocenters. The van der Waals surface area contributed by atoms with E-state index in [9.17, 15) is 13.5 Å². The van der Waals surface area contributed by atoms with Gasteiger partial charge in [0.15, 0.2) is 9.84 Å². The number of aliphatic hydroxyl groups is 1. The van der Waals surface area contributed by atoms with Gasteiger partial charge in [-0.25, -0.2) is 8.42 Å². The van der Waals surface area contributed by atoms with Crippen molar-refractivity contribution in [2.75, 3.05) is 5.75 Å². The molecule has 0 aliphatic heterocycles. The highest BCUT2D eigenvalue weighted by Crippen LogP contribution is 2.21. The molecule has 3 nitrogen and oxygen atoms in total. The zero-order valence-corrected chi connectivity index (χ0v) is 13.4. The summed E-state index contributed by atoms with van der Waals surface area (Å²) in [5.41, 5.74) is 1.12. The Morgan fingerprint density at radius 1 is 1.00 bits per heavy atom. The first-order valence-electron chi connectivity index (χ1n) is 6.24. The first-order valence-corrected chi connectivity index (χ1v) is 8.82. The average molecular weight is 345 g/mol. The quantitative estimate of drug-likeness (QED) is 0.900. The van der Waals surface area contributed by atoms with Crippen molar-refractivity contribution < 1.29 is 13.5 Å². The molecule has 0 aliphatic carbocycles. The lowest BCUT2D eigenvalue weighted by Crippen LogP contribution is -2.16. The molecular formula is C15H14Cl2O3S. The Kier molecular flexibility index (Phi) is 5.27. The second-order valence-electron chi connectivity index (χ2n) is 4.75. The monoisotopic (exact) mass is 344 g/mol. The van der Waals surface area contributed by atoms with Gasteiger partial charge in [-0.15, -0.1) is 0 Å². The summed E-state index contributed by atoms with van der Waals surface area (Å²) < 4.78 is 24.3. The van der Waals surface area contributed by atoms with E-state index in [1.807, 2.05) is 0 Å². The molecule has 0 saturated carbocycles. The van der Waals surface area contributed by atoms with Gasteiger partial charge >= 0.3 is 0 Å². The van der Waals surface area contributed by atoms with Crippen LogP contribution in [0.2, 0.25) is 10.0 Å². The predicted molar refractivity (Wildman–Crippen MR) is 85.4 cm³/mol. The van der Waals surface area contributed by atoms with Gasteiger partial charge in [-0.3, -0.25) is 0 Å². The molecule has 0 bridgehead atoms. The van der Waals surface area contributed by atoms with E-state index in [1.54, 1.807) is 48.5 Å². The van der Waals surface area contributed by atoms with Crippen molar-refractivity contribution in [3.8, 4) is 0 Å². The summed E-state index contributed by atoms with van der Waals surface area (Å²) in [4.78, 5) is 0. The van der Waals surface area contributed by atoms with Crippen LogP contribution in [-0.2, 0) is 15.6 Å². The molecule has 0 fully saturated rings. The molecule has 0 spiro atoms. The number of sulfone groups is 1. The predicted octanol–water partition coefficient (Wildman–Crippen LogP) is 3.64. The van der Waals surface area contributed by atoms with Crippen LogP contribution in [0.3, 0.4) is 0 Å². The van der Waals surface area contributed by atoms with E-state index in [2.05, 4.69) is 0 Å². The Hall–Kier alpha value is -1.07. The second kappa shape index (κ2) is 6.79. The van der Waals surface area contributed by atoms with Crippen LogP contribution in [0, 0.1) is 0 Å². The molecule has 0 amide bonds. The summed E-state index contributed by atoms with van der Waals surface area (Å²) in [6, 6.07) is 13.1. The van der Waals surface area contributed by atoms with Crippen molar-refractivity contribution in [3.63, 3.8) is 0 Å². The van der Waals surface area contributed by atoms with Crippen LogP contribution >= 0.6 is 23.2 Å². The summed E-state index contributed by atoms with van der Waals surface area (Å²) >= 11 is 11.6. The molecule has 2 aromatic carbocycles. The van der Waals surface area contributed by atoms with Gasteiger partial charge in [0.2, 0.25) is 0 Å². The molecule has 1 N–H and O–H groups in total. The molecule has 2 rings (SSSR count). The fourth-order valence-corrected chi connectivity index (χ4v) is 3.76. The summed E-state index contributed by atoms with van der Waals surface area (Å²) in [5.74, 6) is -0.488. The van der Waals surface area contributed by atoms with E-state index in [0.29, 0.717) is 21.2 Å². The zero-order chi connectivity index (χ0) is 15.5. The highest BCUT2D eigenvalue weighted by atomic mass is 35.5. The van der Waals surface area contributed by atoms with Crippen LogP contribution in [0.25, 0.3) is 0 Å². The van der Waals surface area contributed by atoms with Crippen LogP contribution in [0.4, 0.5) is 0 Å².